The van der Waals surface area contributed by atoms with Crippen LogP contribution in [0, 0.1) is 6.92 Å². The van der Waals surface area contributed by atoms with Gasteiger partial charge in [-0.1, -0.05) is 12.1 Å². The third kappa shape index (κ3) is 3.49. The molecule has 0 saturated carbocycles. The summed E-state index contributed by atoms with van der Waals surface area (Å²) in [5, 5.41) is 0. The van der Waals surface area contributed by atoms with Crippen LogP contribution in [0.25, 0.3) is 0 Å². The van der Waals surface area contributed by atoms with E-state index in [1.54, 1.807) is 0 Å². The number of halogens is 6. The molecule has 20 heavy (non-hydrogen) atoms. The van der Waals surface area contributed by atoms with Crippen LogP contribution in [0.3, 0.4) is 0 Å². The van der Waals surface area contributed by atoms with Gasteiger partial charge >= 0.3 is 24.2 Å². The second-order valence-corrected chi connectivity index (χ2v) is 3.78. The first kappa shape index (κ1) is 16.0. The fourth-order valence-corrected chi connectivity index (χ4v) is 1.35. The average molecular weight is 299 g/mol. The van der Waals surface area contributed by atoms with Crippen molar-refractivity contribution in [1.82, 2.24) is 0 Å². The number of aryl methyl sites for hydroxylation is 1. The Hall–Kier alpha value is -2.06. The molecule has 0 radical (unpaired) electrons. The predicted molar refractivity (Wildman–Crippen MR) is 55.8 cm³/mol. The van der Waals surface area contributed by atoms with Crippen molar-refractivity contribution in [2.24, 2.45) is 0 Å². The van der Waals surface area contributed by atoms with Gasteiger partial charge in [-0.3, -0.25) is 9.59 Å². The van der Waals surface area contributed by atoms with Crippen molar-refractivity contribution >= 4 is 17.5 Å². The van der Waals surface area contributed by atoms with Crippen molar-refractivity contribution in [3.8, 4) is 0 Å². The molecule has 9 heteroatoms. The summed E-state index contributed by atoms with van der Waals surface area (Å²) in [6.45, 7) is 1.39. The van der Waals surface area contributed by atoms with E-state index in [1.165, 1.54) is 13.0 Å². The number of nitrogens with zero attached hydrogens (tertiary/aromatic N) is 1. The highest BCUT2D eigenvalue weighted by molar-refractivity contribution is 6.18. The summed E-state index contributed by atoms with van der Waals surface area (Å²) in [5.41, 5.74) is -0.507. The second-order valence-electron chi connectivity index (χ2n) is 3.78. The van der Waals surface area contributed by atoms with Gasteiger partial charge in [-0.2, -0.15) is 26.3 Å². The maximum Gasteiger partial charge on any atom is 0.472 e. The van der Waals surface area contributed by atoms with Crippen molar-refractivity contribution in [2.45, 2.75) is 19.3 Å². The average Bonchev–Trinajstić information content (AvgIpc) is 2.26. The van der Waals surface area contributed by atoms with Gasteiger partial charge in [0.1, 0.15) is 0 Å². The molecule has 1 aromatic rings. The van der Waals surface area contributed by atoms with Crippen LogP contribution in [0.5, 0.6) is 0 Å². The molecule has 0 aliphatic carbocycles. The van der Waals surface area contributed by atoms with Crippen LogP contribution in [0.15, 0.2) is 24.3 Å². The molecular formula is C11H7F6NO2. The topological polar surface area (TPSA) is 37.4 Å². The van der Waals surface area contributed by atoms with Crippen molar-refractivity contribution in [2.75, 3.05) is 4.90 Å². The standard InChI is InChI=1S/C11H7F6NO2/c1-6-3-2-4-7(5-6)18(8(19)10(12,13)14)9(20)11(15,16)17/h2-5H,1H3. The molecule has 0 heterocycles. The SMILES string of the molecule is Cc1cccc(N(C(=O)C(F)(F)F)C(=O)C(F)(F)F)c1. The molecule has 1 rings (SSSR count). The van der Waals surface area contributed by atoms with Gasteiger partial charge in [0, 0.05) is 0 Å². The second kappa shape index (κ2) is 5.14. The Kier molecular flexibility index (Phi) is 4.11. The third-order valence-electron chi connectivity index (χ3n) is 2.15. The van der Waals surface area contributed by atoms with Crippen LogP contribution in [0.2, 0.25) is 0 Å². The zero-order valence-corrected chi connectivity index (χ0v) is 9.84. The molecule has 0 aromatic heterocycles. The van der Waals surface area contributed by atoms with Gasteiger partial charge in [-0.15, -0.1) is 0 Å². The molecular weight excluding hydrogens is 292 g/mol. The molecule has 0 aliphatic heterocycles. The zero-order valence-electron chi connectivity index (χ0n) is 9.84. The molecule has 3 nitrogen and oxygen atoms in total. The minimum Gasteiger partial charge on any atom is -0.263 e. The van der Waals surface area contributed by atoms with Crippen LogP contribution in [-0.4, -0.2) is 24.2 Å². The number of amides is 2. The lowest BCUT2D eigenvalue weighted by atomic mass is 10.2. The highest BCUT2D eigenvalue weighted by Gasteiger charge is 2.52. The Labute approximate surface area is 108 Å². The van der Waals surface area contributed by atoms with Gasteiger partial charge in [0.25, 0.3) is 0 Å². The zero-order chi connectivity index (χ0) is 15.7. The lowest BCUT2D eigenvalue weighted by molar-refractivity contribution is -0.181. The number of hydrogen-bond donors (Lipinski definition) is 0. The Bertz CT molecular complexity index is 508. The molecule has 1 aromatic carbocycles. The largest absolute Gasteiger partial charge is 0.472 e. The minimum atomic E-state index is -5.61. The van der Waals surface area contributed by atoms with E-state index < -0.39 is 34.8 Å². The van der Waals surface area contributed by atoms with E-state index in [9.17, 15) is 35.9 Å². The van der Waals surface area contributed by atoms with Gasteiger partial charge in [0.05, 0.1) is 5.69 Å². The molecule has 2 amide bonds. The van der Waals surface area contributed by atoms with E-state index in [1.807, 2.05) is 0 Å². The third-order valence-corrected chi connectivity index (χ3v) is 2.15. The van der Waals surface area contributed by atoms with Gasteiger partial charge < -0.3 is 0 Å². The van der Waals surface area contributed by atoms with Crippen molar-refractivity contribution in [3.05, 3.63) is 29.8 Å². The van der Waals surface area contributed by atoms with Gasteiger partial charge in [-0.25, -0.2) is 4.90 Å². The van der Waals surface area contributed by atoms with Crippen LogP contribution in [0.4, 0.5) is 32.0 Å². The van der Waals surface area contributed by atoms with E-state index in [4.69, 9.17) is 0 Å². The number of benzene rings is 1. The van der Waals surface area contributed by atoms with Gasteiger partial charge in [0.2, 0.25) is 0 Å². The number of carbonyl (C=O) groups is 2. The molecule has 0 saturated heterocycles. The smallest absolute Gasteiger partial charge is 0.263 e. The predicted octanol–water partition coefficient (Wildman–Crippen LogP) is 2.98. The molecule has 0 N–H and O–H groups in total. The van der Waals surface area contributed by atoms with Crippen LogP contribution >= 0.6 is 0 Å². The molecule has 0 bridgehead atoms. The maximum atomic E-state index is 12.3. The summed E-state index contributed by atoms with van der Waals surface area (Å²) >= 11 is 0. The Morgan fingerprint density at radius 1 is 0.950 bits per heavy atom. The van der Waals surface area contributed by atoms with E-state index >= 15 is 0 Å². The van der Waals surface area contributed by atoms with Crippen LogP contribution in [-0.2, 0) is 9.59 Å². The number of anilines is 1. The molecule has 0 aliphatic rings. The number of rotatable bonds is 1. The minimum absolute atomic E-state index is 0.289. The fraction of sp³-hybridized carbons (Fsp3) is 0.273. The van der Waals surface area contributed by atoms with Crippen LogP contribution in [0.1, 0.15) is 5.56 Å². The molecule has 0 fully saturated rings. The molecule has 110 valence electrons. The van der Waals surface area contributed by atoms with E-state index in [0.717, 1.165) is 18.2 Å². The quantitative estimate of drug-likeness (QED) is 0.748. The first-order valence-electron chi connectivity index (χ1n) is 5.03. The van der Waals surface area contributed by atoms with Gasteiger partial charge in [-0.05, 0) is 24.6 Å². The molecule has 0 unspecified atom stereocenters. The normalized spacial score (nSPS) is 12.2. The van der Waals surface area contributed by atoms with E-state index in [2.05, 4.69) is 0 Å². The fourth-order valence-electron chi connectivity index (χ4n) is 1.35. The maximum absolute atomic E-state index is 12.3. The lowest BCUT2D eigenvalue weighted by Crippen LogP contribution is -2.50. The summed E-state index contributed by atoms with van der Waals surface area (Å²) in [6.07, 6.45) is -11.2. The Balaban J connectivity index is 3.36. The Morgan fingerprint density at radius 2 is 1.40 bits per heavy atom. The first-order chi connectivity index (χ1) is 8.94. The lowest BCUT2D eigenvalue weighted by Gasteiger charge is -2.23. The summed E-state index contributed by atoms with van der Waals surface area (Å²) < 4.78 is 73.9. The van der Waals surface area contributed by atoms with Crippen molar-refractivity contribution in [1.29, 1.82) is 0 Å². The molecule has 0 spiro atoms. The first-order valence-corrected chi connectivity index (χ1v) is 5.03. The molecule has 0 atom stereocenters. The van der Waals surface area contributed by atoms with Crippen molar-refractivity contribution in [3.63, 3.8) is 0 Å². The number of hydrogen-bond acceptors (Lipinski definition) is 2. The van der Waals surface area contributed by atoms with Gasteiger partial charge in [0.15, 0.2) is 0 Å². The van der Waals surface area contributed by atoms with E-state index in [-0.39, 0.29) is 5.56 Å². The van der Waals surface area contributed by atoms with Crippen molar-refractivity contribution < 1.29 is 35.9 Å². The number of imide groups is 1. The van der Waals surface area contributed by atoms with E-state index in [0.29, 0.717) is 0 Å². The monoisotopic (exact) mass is 299 g/mol. The summed E-state index contributed by atoms with van der Waals surface area (Å²) in [4.78, 5) is 21.2. The Morgan fingerprint density at radius 3 is 1.75 bits per heavy atom. The number of alkyl halides is 6. The van der Waals surface area contributed by atoms with Crippen LogP contribution < -0.4 is 4.90 Å². The number of carbonyl (C=O) groups excluding carboxylic acids is 2. The summed E-state index contributed by atoms with van der Waals surface area (Å²) in [7, 11) is 0. The highest BCUT2D eigenvalue weighted by atomic mass is 19.4. The summed E-state index contributed by atoms with van der Waals surface area (Å²) in [6, 6.07) is 4.19. The highest BCUT2D eigenvalue weighted by Crippen LogP contribution is 2.29. The summed E-state index contributed by atoms with van der Waals surface area (Å²) in [5.74, 6) is -5.80.